The number of unbranched alkanes of at least 4 members (excludes halogenated alkanes) is 1. The van der Waals surface area contributed by atoms with Gasteiger partial charge in [0.1, 0.15) is 16.5 Å². The molecule has 136 valence electrons. The van der Waals surface area contributed by atoms with Crippen LogP contribution in [0.15, 0.2) is 22.8 Å². The maximum absolute atomic E-state index is 12.7. The number of carbonyl (C=O) groups excluding carboxylic acids is 2. The molecule has 3 atom stereocenters. The van der Waals surface area contributed by atoms with Crippen LogP contribution in [0.1, 0.15) is 32.6 Å². The molecule has 3 unspecified atom stereocenters. The predicted octanol–water partition coefficient (Wildman–Crippen LogP) is 2.51. The molecule has 2 amide bonds. The summed E-state index contributed by atoms with van der Waals surface area (Å²) in [5, 5.41) is 2.79. The Balaban J connectivity index is 1.71. The number of rotatable bonds is 6. The SMILES string of the molecule is CCCCOC(=O)N1C(C(=O)Nc2cccc(Br)n2)CC2(CN)CC12. The molecule has 1 aromatic rings. The lowest BCUT2D eigenvalue weighted by molar-refractivity contribution is -0.120. The molecule has 0 spiro atoms. The maximum atomic E-state index is 12.7. The van der Waals surface area contributed by atoms with Gasteiger partial charge in [-0.15, -0.1) is 0 Å². The fraction of sp³-hybridized carbons (Fsp3) is 0.588. The van der Waals surface area contributed by atoms with E-state index in [0.717, 1.165) is 19.3 Å². The number of anilines is 1. The molecular weight excluding hydrogens is 388 g/mol. The van der Waals surface area contributed by atoms with E-state index in [4.69, 9.17) is 10.5 Å². The van der Waals surface area contributed by atoms with Crippen molar-refractivity contribution in [1.29, 1.82) is 0 Å². The summed E-state index contributed by atoms with van der Waals surface area (Å²) in [6, 6.07) is 4.70. The highest BCUT2D eigenvalue weighted by atomic mass is 79.9. The monoisotopic (exact) mass is 410 g/mol. The second-order valence-electron chi connectivity index (χ2n) is 6.72. The average molecular weight is 411 g/mol. The summed E-state index contributed by atoms with van der Waals surface area (Å²) in [6.45, 7) is 2.87. The lowest BCUT2D eigenvalue weighted by Gasteiger charge is -2.26. The number of aromatic nitrogens is 1. The van der Waals surface area contributed by atoms with Gasteiger partial charge in [-0.25, -0.2) is 9.78 Å². The van der Waals surface area contributed by atoms with E-state index in [0.29, 0.717) is 30.0 Å². The Hall–Kier alpha value is -1.67. The molecule has 2 fully saturated rings. The van der Waals surface area contributed by atoms with Gasteiger partial charge in [0, 0.05) is 18.0 Å². The number of hydrogen-bond acceptors (Lipinski definition) is 5. The molecule has 2 aliphatic rings. The van der Waals surface area contributed by atoms with Crippen molar-refractivity contribution in [2.45, 2.75) is 44.7 Å². The molecule has 0 aromatic carbocycles. The van der Waals surface area contributed by atoms with Crippen molar-refractivity contribution >= 4 is 33.7 Å². The number of carbonyl (C=O) groups is 2. The third-order valence-electron chi connectivity index (χ3n) is 5.03. The van der Waals surface area contributed by atoms with E-state index in [9.17, 15) is 9.59 Å². The zero-order chi connectivity index (χ0) is 18.0. The second kappa shape index (κ2) is 7.29. The summed E-state index contributed by atoms with van der Waals surface area (Å²) < 4.78 is 5.98. The van der Waals surface area contributed by atoms with E-state index in [1.807, 2.05) is 6.92 Å². The highest BCUT2D eigenvalue weighted by Gasteiger charge is 2.67. The molecule has 2 heterocycles. The van der Waals surface area contributed by atoms with Crippen molar-refractivity contribution in [3.8, 4) is 0 Å². The highest BCUT2D eigenvalue weighted by Crippen LogP contribution is 2.59. The number of ether oxygens (including phenoxy) is 1. The lowest BCUT2D eigenvalue weighted by atomic mass is 9.99. The van der Waals surface area contributed by atoms with Crippen molar-refractivity contribution in [3.63, 3.8) is 0 Å². The van der Waals surface area contributed by atoms with Gasteiger partial charge in [0.15, 0.2) is 0 Å². The van der Waals surface area contributed by atoms with Crippen LogP contribution in [-0.2, 0) is 9.53 Å². The van der Waals surface area contributed by atoms with Crippen molar-refractivity contribution < 1.29 is 14.3 Å². The summed E-state index contributed by atoms with van der Waals surface area (Å²) in [4.78, 5) is 31.0. The molecule has 1 aliphatic heterocycles. The zero-order valence-corrected chi connectivity index (χ0v) is 15.8. The van der Waals surface area contributed by atoms with Gasteiger partial charge < -0.3 is 15.8 Å². The molecule has 0 radical (unpaired) electrons. The summed E-state index contributed by atoms with van der Waals surface area (Å²) in [5.41, 5.74) is 5.76. The van der Waals surface area contributed by atoms with Crippen LogP contribution in [0.4, 0.5) is 10.6 Å². The minimum atomic E-state index is -0.572. The lowest BCUT2D eigenvalue weighted by Crippen LogP contribution is -2.45. The highest BCUT2D eigenvalue weighted by molar-refractivity contribution is 9.10. The Labute approximate surface area is 155 Å². The van der Waals surface area contributed by atoms with Crippen LogP contribution < -0.4 is 11.1 Å². The first kappa shape index (κ1) is 18.1. The van der Waals surface area contributed by atoms with E-state index in [2.05, 4.69) is 26.2 Å². The number of amides is 2. The number of fused-ring (bicyclic) bond motifs is 1. The van der Waals surface area contributed by atoms with Crippen LogP contribution in [0.3, 0.4) is 0 Å². The van der Waals surface area contributed by atoms with Crippen LogP contribution in [0, 0.1) is 5.41 Å². The minimum absolute atomic E-state index is 0.00200. The van der Waals surface area contributed by atoms with Gasteiger partial charge >= 0.3 is 6.09 Å². The van der Waals surface area contributed by atoms with E-state index in [1.165, 1.54) is 0 Å². The first-order valence-electron chi connectivity index (χ1n) is 8.59. The van der Waals surface area contributed by atoms with Crippen molar-refractivity contribution in [3.05, 3.63) is 22.8 Å². The van der Waals surface area contributed by atoms with Gasteiger partial charge in [0.05, 0.1) is 6.61 Å². The third-order valence-corrected chi connectivity index (χ3v) is 5.47. The molecule has 1 saturated carbocycles. The number of nitrogens with two attached hydrogens (primary N) is 1. The van der Waals surface area contributed by atoms with Crippen molar-refractivity contribution in [2.75, 3.05) is 18.5 Å². The van der Waals surface area contributed by atoms with Gasteiger partial charge in [0.2, 0.25) is 5.91 Å². The topological polar surface area (TPSA) is 97.5 Å². The summed E-state index contributed by atoms with van der Waals surface area (Å²) >= 11 is 3.28. The molecule has 8 heteroatoms. The van der Waals surface area contributed by atoms with Crippen LogP contribution in [0.2, 0.25) is 0 Å². The molecular formula is C17H23BrN4O3. The zero-order valence-electron chi connectivity index (χ0n) is 14.2. The largest absolute Gasteiger partial charge is 0.449 e. The molecule has 3 N–H and O–H groups in total. The number of nitrogens with zero attached hydrogens (tertiary/aromatic N) is 2. The molecule has 3 rings (SSSR count). The number of likely N-dealkylation sites (tertiary alicyclic amines) is 1. The number of nitrogens with one attached hydrogen (secondary N) is 1. The first-order chi connectivity index (χ1) is 12.0. The molecule has 1 saturated heterocycles. The quantitative estimate of drug-likeness (QED) is 0.554. The average Bonchev–Trinajstić information content (AvgIpc) is 3.20. The standard InChI is InChI=1S/C17H23BrN4O3/c1-2-3-7-25-16(24)22-11(8-17(10-19)9-12(17)22)15(23)21-14-6-4-5-13(18)20-14/h4-6,11-12H,2-3,7-10,19H2,1H3,(H,20,21,23). The summed E-state index contributed by atoms with van der Waals surface area (Å²) in [6.07, 6.45) is 2.74. The van der Waals surface area contributed by atoms with Gasteiger partial charge in [-0.05, 0) is 47.3 Å². The van der Waals surface area contributed by atoms with Crippen molar-refractivity contribution in [1.82, 2.24) is 9.88 Å². The van der Waals surface area contributed by atoms with Crippen molar-refractivity contribution in [2.24, 2.45) is 11.1 Å². The van der Waals surface area contributed by atoms with Gasteiger partial charge in [0.25, 0.3) is 0 Å². The minimum Gasteiger partial charge on any atom is -0.449 e. The van der Waals surface area contributed by atoms with E-state index in [1.54, 1.807) is 23.1 Å². The number of halogens is 1. The molecule has 1 aromatic heterocycles. The van der Waals surface area contributed by atoms with Crippen LogP contribution in [0.25, 0.3) is 0 Å². The Morgan fingerprint density at radius 1 is 1.48 bits per heavy atom. The predicted molar refractivity (Wildman–Crippen MR) is 97.0 cm³/mol. The Bertz CT molecular complexity index is 671. The first-order valence-corrected chi connectivity index (χ1v) is 9.38. The van der Waals surface area contributed by atoms with Crippen LogP contribution >= 0.6 is 15.9 Å². The fourth-order valence-corrected chi connectivity index (χ4v) is 3.83. The van der Waals surface area contributed by atoms with Crippen LogP contribution in [-0.4, -0.2) is 47.1 Å². The Kier molecular flexibility index (Phi) is 5.29. The molecule has 25 heavy (non-hydrogen) atoms. The van der Waals surface area contributed by atoms with Gasteiger partial charge in [-0.1, -0.05) is 19.4 Å². The van der Waals surface area contributed by atoms with E-state index >= 15 is 0 Å². The normalized spacial score (nSPS) is 26.9. The molecule has 0 bridgehead atoms. The summed E-state index contributed by atoms with van der Waals surface area (Å²) in [7, 11) is 0. The van der Waals surface area contributed by atoms with Gasteiger partial charge in [-0.3, -0.25) is 9.69 Å². The Morgan fingerprint density at radius 2 is 2.28 bits per heavy atom. The number of piperidine rings is 1. The number of hydrogen-bond donors (Lipinski definition) is 2. The van der Waals surface area contributed by atoms with E-state index in [-0.39, 0.29) is 17.4 Å². The van der Waals surface area contributed by atoms with E-state index < -0.39 is 12.1 Å². The summed E-state index contributed by atoms with van der Waals surface area (Å²) in [5.74, 6) is 0.194. The second-order valence-corrected chi connectivity index (χ2v) is 7.53. The Morgan fingerprint density at radius 3 is 2.96 bits per heavy atom. The smallest absolute Gasteiger partial charge is 0.410 e. The van der Waals surface area contributed by atoms with Crippen LogP contribution in [0.5, 0.6) is 0 Å². The number of pyridine rings is 1. The third kappa shape index (κ3) is 3.64. The molecule has 1 aliphatic carbocycles. The van der Waals surface area contributed by atoms with Gasteiger partial charge in [-0.2, -0.15) is 0 Å². The fourth-order valence-electron chi connectivity index (χ4n) is 3.48. The molecule has 7 nitrogen and oxygen atoms in total. The maximum Gasteiger partial charge on any atom is 0.410 e.